The molecule has 0 saturated heterocycles. The molecule has 0 amide bonds. The number of fused-ring (bicyclic) bond motifs is 2. The van der Waals surface area contributed by atoms with Crippen molar-refractivity contribution in [2.24, 2.45) is 10.8 Å². The van der Waals surface area contributed by atoms with Gasteiger partial charge in [-0.1, -0.05) is 102 Å². The fourth-order valence-corrected chi connectivity index (χ4v) is 8.00. The number of pyridine rings is 1. The number of aromatic nitrogens is 1. The zero-order valence-corrected chi connectivity index (χ0v) is 33.8. The molecule has 1 heterocycles. The van der Waals surface area contributed by atoms with Crippen LogP contribution in [0.4, 0.5) is 13.2 Å². The summed E-state index contributed by atoms with van der Waals surface area (Å²) in [5.41, 5.74) is 8.71. The van der Waals surface area contributed by atoms with Crippen molar-refractivity contribution < 1.29 is 43.2 Å². The smallest absolute Gasteiger partial charge is 0.448 e. The molecule has 2 aliphatic rings. The Morgan fingerprint density at radius 2 is 1.53 bits per heavy atom. The number of carbonyl (C=O) groups is 1. The minimum absolute atomic E-state index is 0. The van der Waals surface area contributed by atoms with E-state index in [1.807, 2.05) is 0 Å². The third-order valence-corrected chi connectivity index (χ3v) is 10.8. The van der Waals surface area contributed by atoms with Crippen LogP contribution in [0.2, 0.25) is 0 Å². The van der Waals surface area contributed by atoms with Gasteiger partial charge in [0.25, 0.3) is 0 Å². The molecule has 0 atom stereocenters. The first-order chi connectivity index (χ1) is 23.3. The number of hydrogen-bond acceptors (Lipinski definition) is 3. The Morgan fingerprint density at radius 1 is 0.902 bits per heavy atom. The zero-order valence-electron chi connectivity index (χ0n) is 31.4. The summed E-state index contributed by atoms with van der Waals surface area (Å²) >= 11 is 0. The second-order valence-electron chi connectivity index (χ2n) is 16.9. The fraction of sp³-hybridized carbons (Fsp3) is 0.500. The number of ketones is 1. The molecule has 277 valence electrons. The number of nitrogens with zero attached hydrogens (tertiary/aromatic N) is 1. The van der Waals surface area contributed by atoms with Crippen LogP contribution in [0.25, 0.3) is 32.9 Å². The molecule has 1 aromatic heterocycles. The average Bonchev–Trinajstić information content (AvgIpc) is 3.03. The Labute approximate surface area is 315 Å². The molecular weight excluding hydrogens is 824 g/mol. The minimum Gasteiger partial charge on any atom is -0.504 e. The van der Waals surface area contributed by atoms with Gasteiger partial charge in [0.2, 0.25) is 5.76 Å². The van der Waals surface area contributed by atoms with Crippen LogP contribution in [0.1, 0.15) is 128 Å². The van der Waals surface area contributed by atoms with Crippen LogP contribution in [0.15, 0.2) is 60.4 Å². The quantitative estimate of drug-likeness (QED) is 0.127. The van der Waals surface area contributed by atoms with Crippen molar-refractivity contribution in [3.05, 3.63) is 88.7 Å². The maximum absolute atomic E-state index is 11.7. The summed E-state index contributed by atoms with van der Waals surface area (Å²) in [6.45, 7) is 15.8. The third kappa shape index (κ3) is 9.51. The maximum Gasteiger partial charge on any atom is 0.448 e. The maximum atomic E-state index is 11.7. The number of aryl methyl sites for hydroxylation is 2. The normalized spacial score (nSPS) is 17.2. The van der Waals surface area contributed by atoms with Gasteiger partial charge in [0.05, 0.1) is 5.52 Å². The van der Waals surface area contributed by atoms with Crippen molar-refractivity contribution >= 4 is 27.5 Å². The molecule has 3 aromatic carbocycles. The molecule has 7 heteroatoms. The number of aliphatic hydroxyl groups excluding tert-OH is 1. The average molecular weight is 877 g/mol. The number of alkyl halides is 3. The predicted octanol–water partition coefficient (Wildman–Crippen LogP) is 13.0. The zero-order chi connectivity index (χ0) is 36.6. The SMILES string of the molecule is CC(C)(C)C(=O)/C=C(\O)C(F)(F)F.Cc1cc(C)c2c(C3CCC4(CCCCC4)CC3)cc(-c3[c-]c4ccccc4c(C(C)(C)C)c3)nc2c1.[Ir]. The number of allylic oxidation sites excluding steroid dienone is 2. The second-order valence-corrected chi connectivity index (χ2v) is 16.9. The van der Waals surface area contributed by atoms with Gasteiger partial charge < -0.3 is 5.11 Å². The number of hydrogen-bond donors (Lipinski definition) is 1. The molecule has 2 fully saturated rings. The molecule has 0 bridgehead atoms. The standard InChI is InChI=1S/C36H42N.C8H11F3O2.Ir/c1-24-19-25(2)34-30(26-13-17-36(18-14-26)15-9-6-10-16-36)23-32(37-33(34)20-24)28-21-27-11-7-8-12-29(27)31(22-28)35(3,4)5;1-7(2,3)5(12)4-6(13)8(9,10)11;/h7-8,11-12,19-20,22-23,26H,6,9-10,13-18H2,1-5H3;4,13H,1-3H3;/q-1;;/b;6-4-;. The van der Waals surface area contributed by atoms with Gasteiger partial charge in [-0.2, -0.15) is 13.2 Å². The van der Waals surface area contributed by atoms with Gasteiger partial charge in [-0.25, -0.2) is 0 Å². The van der Waals surface area contributed by atoms with Gasteiger partial charge in [0, 0.05) is 42.7 Å². The van der Waals surface area contributed by atoms with Crippen LogP contribution < -0.4 is 0 Å². The van der Waals surface area contributed by atoms with Crippen molar-refractivity contribution in [3.8, 4) is 11.3 Å². The van der Waals surface area contributed by atoms with Gasteiger partial charge in [-0.05, 0) is 91.9 Å². The predicted molar refractivity (Wildman–Crippen MR) is 200 cm³/mol. The first-order valence-corrected chi connectivity index (χ1v) is 18.2. The Hall–Kier alpha value is -3.02. The van der Waals surface area contributed by atoms with Crippen molar-refractivity contribution in [3.63, 3.8) is 0 Å². The van der Waals surface area contributed by atoms with Crippen LogP contribution in [0, 0.1) is 30.7 Å². The molecule has 4 aromatic rings. The van der Waals surface area contributed by atoms with E-state index in [0.29, 0.717) is 11.3 Å². The van der Waals surface area contributed by atoms with Crippen LogP contribution in [0.3, 0.4) is 0 Å². The van der Waals surface area contributed by atoms with E-state index in [9.17, 15) is 18.0 Å². The molecule has 6 rings (SSSR count). The monoisotopic (exact) mass is 877 g/mol. The van der Waals surface area contributed by atoms with Crippen molar-refractivity contribution in [1.82, 2.24) is 4.98 Å². The number of carbonyl (C=O) groups excluding carboxylic acids is 1. The van der Waals surface area contributed by atoms with E-state index in [1.165, 1.54) is 117 Å². The summed E-state index contributed by atoms with van der Waals surface area (Å²) in [5, 5.41) is 12.3. The van der Waals surface area contributed by atoms with Crippen molar-refractivity contribution in [2.45, 2.75) is 131 Å². The Bertz CT molecular complexity index is 1900. The molecular formula is C44H53F3IrNO2-. The van der Waals surface area contributed by atoms with E-state index in [4.69, 9.17) is 10.1 Å². The Morgan fingerprint density at radius 3 is 2.12 bits per heavy atom. The largest absolute Gasteiger partial charge is 0.504 e. The first kappa shape index (κ1) is 40.7. The molecule has 0 aliphatic heterocycles. The van der Waals surface area contributed by atoms with Gasteiger partial charge in [-0.3, -0.25) is 9.78 Å². The number of rotatable bonds is 3. The Kier molecular flexibility index (Phi) is 12.4. The molecule has 51 heavy (non-hydrogen) atoms. The molecule has 0 unspecified atom stereocenters. The van der Waals surface area contributed by atoms with Crippen molar-refractivity contribution in [1.29, 1.82) is 0 Å². The summed E-state index contributed by atoms with van der Waals surface area (Å²) in [5.74, 6) is -1.99. The van der Waals surface area contributed by atoms with E-state index in [2.05, 4.69) is 89.2 Å². The molecule has 2 saturated carbocycles. The van der Waals surface area contributed by atoms with Crippen molar-refractivity contribution in [2.75, 3.05) is 0 Å². The van der Waals surface area contributed by atoms with E-state index >= 15 is 0 Å². The Balaban J connectivity index is 0.000000358. The molecule has 3 nitrogen and oxygen atoms in total. The summed E-state index contributed by atoms with van der Waals surface area (Å²) in [6, 6.07) is 21.9. The minimum atomic E-state index is -4.85. The first-order valence-electron chi connectivity index (χ1n) is 18.2. The second kappa shape index (κ2) is 15.5. The van der Waals surface area contributed by atoms with Crippen LogP contribution in [-0.2, 0) is 30.3 Å². The van der Waals surface area contributed by atoms with Gasteiger partial charge in [-0.15, -0.1) is 29.1 Å². The van der Waals surface area contributed by atoms with E-state index in [-0.39, 0.29) is 31.6 Å². The fourth-order valence-electron chi connectivity index (χ4n) is 8.00. The number of aliphatic hydroxyl groups is 1. The van der Waals surface area contributed by atoms with Gasteiger partial charge in [0.1, 0.15) is 0 Å². The molecule has 2 aliphatic carbocycles. The molecule has 1 radical (unpaired) electrons. The molecule has 1 N–H and O–H groups in total. The van der Waals surface area contributed by atoms with Crippen LogP contribution >= 0.6 is 0 Å². The third-order valence-electron chi connectivity index (χ3n) is 10.8. The summed E-state index contributed by atoms with van der Waals surface area (Å²) in [4.78, 5) is 16.3. The number of benzene rings is 3. The van der Waals surface area contributed by atoms with Gasteiger partial charge in [0.15, 0.2) is 5.78 Å². The van der Waals surface area contributed by atoms with Crippen LogP contribution in [-0.4, -0.2) is 22.1 Å². The van der Waals surface area contributed by atoms with Crippen LogP contribution in [0.5, 0.6) is 0 Å². The molecule has 1 spiro atoms. The van der Waals surface area contributed by atoms with E-state index in [0.717, 1.165) is 16.8 Å². The summed E-state index contributed by atoms with van der Waals surface area (Å²) < 4.78 is 35.2. The summed E-state index contributed by atoms with van der Waals surface area (Å²) in [6.07, 6.45) is 8.06. The number of halogens is 3. The van der Waals surface area contributed by atoms with E-state index in [1.54, 1.807) is 0 Å². The topological polar surface area (TPSA) is 50.2 Å². The van der Waals surface area contributed by atoms with Gasteiger partial charge >= 0.3 is 6.18 Å². The van der Waals surface area contributed by atoms with E-state index < -0.39 is 23.1 Å². The summed E-state index contributed by atoms with van der Waals surface area (Å²) in [7, 11) is 0.